The predicted octanol–water partition coefficient (Wildman–Crippen LogP) is 2.65. The van der Waals surface area contributed by atoms with E-state index in [1.807, 2.05) is 46.2 Å². The van der Waals surface area contributed by atoms with Crippen LogP contribution in [0.3, 0.4) is 0 Å². The molecule has 0 saturated carbocycles. The van der Waals surface area contributed by atoms with Gasteiger partial charge in [-0.3, -0.25) is 9.59 Å². The molecule has 0 spiro atoms. The molecular weight excluding hydrogens is 331 g/mol. The first kappa shape index (κ1) is 14.7. The second-order valence-corrected chi connectivity index (χ2v) is 5.68. The highest BCUT2D eigenvalue weighted by atomic mass is 127. The molecule has 0 radical (unpaired) electrons. The minimum Gasteiger partial charge on any atom is -0.336 e. The summed E-state index contributed by atoms with van der Waals surface area (Å²) in [5.74, 6) is 0.228. The third kappa shape index (κ3) is 3.82. The zero-order valence-electron chi connectivity index (χ0n) is 10.8. The molecule has 5 heteroatoms. The van der Waals surface area contributed by atoms with Crippen molar-refractivity contribution in [2.45, 2.75) is 52.1 Å². The minimum absolute atomic E-state index is 0.0719. The molecule has 2 atom stereocenters. The Morgan fingerprint density at radius 3 is 2.24 bits per heavy atom. The number of piperazine rings is 1. The SMILES string of the molecule is CCCCC(=O)N1CC(C)N(C(=O)I)CC1C. The average molecular weight is 352 g/mol. The number of amides is 2. The molecule has 17 heavy (non-hydrogen) atoms. The molecule has 0 aromatic rings. The van der Waals surface area contributed by atoms with Gasteiger partial charge >= 0.3 is 0 Å². The highest BCUT2D eigenvalue weighted by molar-refractivity contribution is 14.1. The lowest BCUT2D eigenvalue weighted by molar-refractivity contribution is -0.136. The summed E-state index contributed by atoms with van der Waals surface area (Å²) in [6.45, 7) is 7.43. The van der Waals surface area contributed by atoms with Crippen molar-refractivity contribution in [3.05, 3.63) is 0 Å². The van der Waals surface area contributed by atoms with Crippen molar-refractivity contribution in [3.63, 3.8) is 0 Å². The van der Waals surface area contributed by atoms with E-state index in [0.717, 1.165) is 12.8 Å². The molecule has 0 aromatic heterocycles. The summed E-state index contributed by atoms with van der Waals surface area (Å²) in [5, 5.41) is 0. The van der Waals surface area contributed by atoms with Crippen molar-refractivity contribution in [2.75, 3.05) is 13.1 Å². The second kappa shape index (κ2) is 6.56. The molecule has 1 aliphatic heterocycles. The monoisotopic (exact) mass is 352 g/mol. The molecule has 0 bridgehead atoms. The Balaban J connectivity index is 2.60. The van der Waals surface area contributed by atoms with Gasteiger partial charge in [-0.25, -0.2) is 0 Å². The number of unbranched alkanes of at least 4 members (excludes halogenated alkanes) is 1. The summed E-state index contributed by atoms with van der Waals surface area (Å²) in [6.07, 6.45) is 2.62. The van der Waals surface area contributed by atoms with Gasteiger partial charge in [0.05, 0.1) is 0 Å². The number of hydrogen-bond donors (Lipinski definition) is 0. The summed E-state index contributed by atoms with van der Waals surface area (Å²) < 4.78 is 0.0719. The van der Waals surface area contributed by atoms with Crippen LogP contribution in [0.1, 0.15) is 40.0 Å². The maximum atomic E-state index is 12.0. The van der Waals surface area contributed by atoms with Gasteiger partial charge in [0.25, 0.3) is 3.91 Å². The highest BCUT2D eigenvalue weighted by Crippen LogP contribution is 2.19. The van der Waals surface area contributed by atoms with Gasteiger partial charge in [-0.05, 0) is 20.3 Å². The Hall–Kier alpha value is -0.330. The van der Waals surface area contributed by atoms with Crippen molar-refractivity contribution >= 4 is 32.4 Å². The highest BCUT2D eigenvalue weighted by Gasteiger charge is 2.33. The first-order valence-corrected chi connectivity index (χ1v) is 7.30. The maximum Gasteiger partial charge on any atom is 0.283 e. The van der Waals surface area contributed by atoms with Gasteiger partial charge in [0.15, 0.2) is 0 Å². The van der Waals surface area contributed by atoms with Crippen LogP contribution in [0.25, 0.3) is 0 Å². The number of rotatable bonds is 3. The summed E-state index contributed by atoms with van der Waals surface area (Å²) in [7, 11) is 0. The average Bonchev–Trinajstić information content (AvgIpc) is 2.28. The Labute approximate surface area is 117 Å². The van der Waals surface area contributed by atoms with E-state index in [4.69, 9.17) is 0 Å². The lowest BCUT2D eigenvalue weighted by Gasteiger charge is -2.43. The van der Waals surface area contributed by atoms with E-state index in [0.29, 0.717) is 19.5 Å². The number of carbonyl (C=O) groups is 2. The zero-order chi connectivity index (χ0) is 13.0. The van der Waals surface area contributed by atoms with E-state index in [-0.39, 0.29) is 21.9 Å². The Morgan fingerprint density at radius 1 is 1.18 bits per heavy atom. The second-order valence-electron chi connectivity index (χ2n) is 4.75. The van der Waals surface area contributed by atoms with Crippen LogP contribution in [-0.2, 0) is 4.79 Å². The smallest absolute Gasteiger partial charge is 0.283 e. The molecule has 1 saturated heterocycles. The van der Waals surface area contributed by atoms with Gasteiger partial charge in [0.1, 0.15) is 0 Å². The lowest BCUT2D eigenvalue weighted by atomic mass is 10.1. The molecule has 2 amide bonds. The first-order valence-electron chi connectivity index (χ1n) is 6.23. The van der Waals surface area contributed by atoms with Crippen LogP contribution >= 0.6 is 22.6 Å². The van der Waals surface area contributed by atoms with E-state index in [2.05, 4.69) is 6.92 Å². The largest absolute Gasteiger partial charge is 0.336 e. The third-order valence-corrected chi connectivity index (χ3v) is 3.90. The van der Waals surface area contributed by atoms with E-state index in [1.165, 1.54) is 0 Å². The normalized spacial score (nSPS) is 24.9. The molecule has 2 unspecified atom stereocenters. The van der Waals surface area contributed by atoms with Gasteiger partial charge in [-0.2, -0.15) is 0 Å². The van der Waals surface area contributed by atoms with Crippen molar-refractivity contribution < 1.29 is 9.59 Å². The topological polar surface area (TPSA) is 40.6 Å². The van der Waals surface area contributed by atoms with Crippen LogP contribution in [0.15, 0.2) is 0 Å². The fourth-order valence-corrected chi connectivity index (χ4v) is 2.86. The predicted molar refractivity (Wildman–Crippen MR) is 76.3 cm³/mol. The quantitative estimate of drug-likeness (QED) is 0.445. The molecule has 4 nitrogen and oxygen atoms in total. The van der Waals surface area contributed by atoms with Gasteiger partial charge in [0.2, 0.25) is 5.91 Å². The van der Waals surface area contributed by atoms with E-state index < -0.39 is 0 Å². The van der Waals surface area contributed by atoms with Crippen LogP contribution in [-0.4, -0.2) is 44.8 Å². The van der Waals surface area contributed by atoms with Gasteiger partial charge in [-0.15, -0.1) is 0 Å². The van der Waals surface area contributed by atoms with Crippen molar-refractivity contribution in [3.8, 4) is 0 Å². The fourth-order valence-electron chi connectivity index (χ4n) is 2.19. The van der Waals surface area contributed by atoms with E-state index in [9.17, 15) is 9.59 Å². The third-order valence-electron chi connectivity index (χ3n) is 3.28. The van der Waals surface area contributed by atoms with E-state index in [1.54, 1.807) is 0 Å². The Kier molecular flexibility index (Phi) is 5.69. The summed E-state index contributed by atoms with van der Waals surface area (Å²) in [4.78, 5) is 27.2. The summed E-state index contributed by atoms with van der Waals surface area (Å²) in [6, 6.07) is 0.260. The molecule has 0 aliphatic carbocycles. The number of hydrogen-bond acceptors (Lipinski definition) is 2. The van der Waals surface area contributed by atoms with Crippen LogP contribution < -0.4 is 0 Å². The van der Waals surface area contributed by atoms with Gasteiger partial charge < -0.3 is 9.80 Å². The number of carbonyl (C=O) groups excluding carboxylic acids is 2. The maximum absolute atomic E-state index is 12.0. The van der Waals surface area contributed by atoms with Gasteiger partial charge in [-0.1, -0.05) is 13.3 Å². The first-order chi connectivity index (χ1) is 7.97. The van der Waals surface area contributed by atoms with Gasteiger partial charge in [0, 0.05) is 54.2 Å². The van der Waals surface area contributed by atoms with Crippen molar-refractivity contribution in [2.24, 2.45) is 0 Å². The number of nitrogens with zero attached hydrogens (tertiary/aromatic N) is 2. The lowest BCUT2D eigenvalue weighted by Crippen LogP contribution is -2.58. The molecule has 98 valence electrons. The Bertz CT molecular complexity index is 296. The Morgan fingerprint density at radius 2 is 1.71 bits per heavy atom. The van der Waals surface area contributed by atoms with Crippen molar-refractivity contribution in [1.82, 2.24) is 9.80 Å². The summed E-state index contributed by atoms with van der Waals surface area (Å²) >= 11 is 1.82. The molecule has 1 heterocycles. The van der Waals surface area contributed by atoms with Crippen LogP contribution in [0.2, 0.25) is 0 Å². The standard InChI is InChI=1S/C12H21IN2O2/c1-4-5-6-11(16)14-7-10(3)15(12(13)17)8-9(14)2/h9-10H,4-8H2,1-3H3. The molecular formula is C12H21IN2O2. The molecule has 1 fully saturated rings. The summed E-state index contributed by atoms with van der Waals surface area (Å²) in [5.41, 5.74) is 0. The molecule has 1 aliphatic rings. The van der Waals surface area contributed by atoms with Crippen molar-refractivity contribution in [1.29, 1.82) is 0 Å². The zero-order valence-corrected chi connectivity index (χ0v) is 12.9. The van der Waals surface area contributed by atoms with Crippen LogP contribution in [0.4, 0.5) is 4.79 Å². The van der Waals surface area contributed by atoms with Crippen LogP contribution in [0, 0.1) is 0 Å². The molecule has 0 aromatic carbocycles. The van der Waals surface area contributed by atoms with E-state index >= 15 is 0 Å². The fraction of sp³-hybridized carbons (Fsp3) is 0.833. The number of halogens is 1. The molecule has 1 rings (SSSR count). The molecule has 0 N–H and O–H groups in total. The minimum atomic E-state index is 0.0719. The van der Waals surface area contributed by atoms with Crippen LogP contribution in [0.5, 0.6) is 0 Å².